The number of nitrogens with zero attached hydrogens (tertiary/aromatic N) is 1. The molecule has 0 aromatic heterocycles. The van der Waals surface area contributed by atoms with Crippen LogP contribution in [0.1, 0.15) is 16.7 Å². The molecule has 3 heteroatoms. The number of hydrogen-bond donors (Lipinski definition) is 1. The van der Waals surface area contributed by atoms with Crippen LogP contribution in [-0.2, 0) is 24.2 Å². The van der Waals surface area contributed by atoms with Crippen LogP contribution < -0.4 is 4.90 Å². The molecule has 18 heavy (non-hydrogen) atoms. The lowest BCUT2D eigenvalue weighted by molar-refractivity contribution is -0.870. The van der Waals surface area contributed by atoms with Crippen LogP contribution in [0.15, 0.2) is 18.2 Å². The Labute approximate surface area is 109 Å². The van der Waals surface area contributed by atoms with E-state index in [9.17, 15) is 0 Å². The van der Waals surface area contributed by atoms with Gasteiger partial charge in [0.25, 0.3) is 0 Å². The summed E-state index contributed by atoms with van der Waals surface area (Å²) in [5.41, 5.74) is 4.59. The molecule has 2 aliphatic rings. The number of morpholine rings is 1. The standard InChI is InChI=1S/C15H22N2O/c1-16-6-5-15-13(11-16)3-2-4-14(15)12-17-7-9-18-10-8-17/h2-4,16H,1,5-12H2. The van der Waals surface area contributed by atoms with Crippen molar-refractivity contribution in [1.82, 2.24) is 4.90 Å². The van der Waals surface area contributed by atoms with Crippen molar-refractivity contribution < 1.29 is 9.64 Å². The third-order valence-corrected chi connectivity index (χ3v) is 4.04. The molecule has 0 spiro atoms. The minimum atomic E-state index is 0.881. The predicted molar refractivity (Wildman–Crippen MR) is 71.1 cm³/mol. The Morgan fingerprint density at radius 1 is 1.28 bits per heavy atom. The molecule has 98 valence electrons. The van der Waals surface area contributed by atoms with Gasteiger partial charge in [0.2, 0.25) is 0 Å². The Kier molecular flexibility index (Phi) is 3.64. The van der Waals surface area contributed by atoms with E-state index in [0.29, 0.717) is 0 Å². The van der Waals surface area contributed by atoms with Crippen molar-refractivity contribution in [2.45, 2.75) is 19.5 Å². The maximum absolute atomic E-state index is 5.41. The lowest BCUT2D eigenvalue weighted by Gasteiger charge is -2.31. The molecule has 1 saturated heterocycles. The van der Waals surface area contributed by atoms with Gasteiger partial charge >= 0.3 is 0 Å². The SMILES string of the molecule is [CH2-][NH+]1CCc2c(CN3CCOCC3)cccc2C1. The number of nitrogens with one attached hydrogen (secondary N) is 1. The van der Waals surface area contributed by atoms with E-state index in [-0.39, 0.29) is 0 Å². The quantitative estimate of drug-likeness (QED) is 0.754. The number of quaternary nitrogens is 1. The third-order valence-electron chi connectivity index (χ3n) is 4.04. The Morgan fingerprint density at radius 2 is 2.11 bits per heavy atom. The van der Waals surface area contributed by atoms with Crippen LogP contribution in [0, 0.1) is 7.05 Å². The molecule has 0 bridgehead atoms. The van der Waals surface area contributed by atoms with Crippen LogP contribution in [0.3, 0.4) is 0 Å². The van der Waals surface area contributed by atoms with E-state index < -0.39 is 0 Å². The summed E-state index contributed by atoms with van der Waals surface area (Å²) in [6, 6.07) is 6.76. The maximum atomic E-state index is 5.41. The molecule has 1 unspecified atom stereocenters. The number of hydrogen-bond acceptors (Lipinski definition) is 2. The average Bonchev–Trinajstić information content (AvgIpc) is 2.40. The molecule has 1 N–H and O–H groups in total. The highest BCUT2D eigenvalue weighted by Crippen LogP contribution is 2.19. The third kappa shape index (κ3) is 2.58. The second-order valence-corrected chi connectivity index (χ2v) is 5.37. The molecule has 0 saturated carbocycles. The summed E-state index contributed by atoms with van der Waals surface area (Å²) in [6.45, 7) is 7.21. The van der Waals surface area contributed by atoms with Gasteiger partial charge in [0, 0.05) is 31.6 Å². The van der Waals surface area contributed by atoms with Gasteiger partial charge in [-0.25, -0.2) is 0 Å². The van der Waals surface area contributed by atoms with Gasteiger partial charge < -0.3 is 9.64 Å². The molecule has 2 aliphatic heterocycles. The fourth-order valence-corrected chi connectivity index (χ4v) is 2.98. The van der Waals surface area contributed by atoms with Crippen molar-refractivity contribution in [2.75, 3.05) is 32.8 Å². The van der Waals surface area contributed by atoms with Crippen LogP contribution in [0.2, 0.25) is 0 Å². The van der Waals surface area contributed by atoms with Crippen LogP contribution in [-0.4, -0.2) is 37.7 Å². The second kappa shape index (κ2) is 5.39. The zero-order chi connectivity index (χ0) is 12.4. The normalized spacial score (nSPS) is 24.8. The lowest BCUT2D eigenvalue weighted by atomic mass is 9.94. The first-order chi connectivity index (χ1) is 8.83. The Morgan fingerprint density at radius 3 is 2.94 bits per heavy atom. The van der Waals surface area contributed by atoms with Crippen LogP contribution >= 0.6 is 0 Å². The minimum absolute atomic E-state index is 0.881. The second-order valence-electron chi connectivity index (χ2n) is 5.37. The van der Waals surface area contributed by atoms with E-state index in [4.69, 9.17) is 4.74 Å². The molecule has 1 atom stereocenters. The molecule has 0 aliphatic carbocycles. The van der Waals surface area contributed by atoms with Gasteiger partial charge in [0.15, 0.2) is 0 Å². The van der Waals surface area contributed by atoms with E-state index in [1.165, 1.54) is 22.4 Å². The highest BCUT2D eigenvalue weighted by molar-refractivity contribution is 5.36. The highest BCUT2D eigenvalue weighted by Gasteiger charge is 2.18. The van der Waals surface area contributed by atoms with Crippen molar-refractivity contribution in [1.29, 1.82) is 0 Å². The smallest absolute Gasteiger partial charge is 0.0790 e. The van der Waals surface area contributed by atoms with Crippen molar-refractivity contribution >= 4 is 0 Å². The molecule has 3 rings (SSSR count). The van der Waals surface area contributed by atoms with Crippen molar-refractivity contribution in [3.63, 3.8) is 0 Å². The van der Waals surface area contributed by atoms with Gasteiger partial charge in [-0.15, -0.1) is 0 Å². The maximum Gasteiger partial charge on any atom is 0.0790 e. The summed E-state index contributed by atoms with van der Waals surface area (Å²) in [6.07, 6.45) is 1.18. The Balaban J connectivity index is 1.77. The van der Waals surface area contributed by atoms with E-state index in [1.54, 1.807) is 5.56 Å². The number of ether oxygens (including phenoxy) is 1. The fraction of sp³-hybridized carbons (Fsp3) is 0.533. The molecule has 1 aromatic rings. The summed E-state index contributed by atoms with van der Waals surface area (Å²) in [5.74, 6) is 0. The summed E-state index contributed by atoms with van der Waals surface area (Å²) in [4.78, 5) is 3.88. The summed E-state index contributed by atoms with van der Waals surface area (Å²) in [5, 5.41) is 0. The van der Waals surface area contributed by atoms with E-state index >= 15 is 0 Å². The molecular weight excluding hydrogens is 224 g/mol. The van der Waals surface area contributed by atoms with Crippen LogP contribution in [0.5, 0.6) is 0 Å². The Hall–Kier alpha value is -0.900. The number of fused-ring (bicyclic) bond motifs is 1. The summed E-state index contributed by atoms with van der Waals surface area (Å²) < 4.78 is 5.41. The van der Waals surface area contributed by atoms with Crippen LogP contribution in [0.25, 0.3) is 0 Å². The van der Waals surface area contributed by atoms with Gasteiger partial charge in [-0.3, -0.25) is 4.90 Å². The van der Waals surface area contributed by atoms with E-state index in [2.05, 4.69) is 30.1 Å². The molecule has 3 nitrogen and oxygen atoms in total. The first-order valence-corrected chi connectivity index (χ1v) is 6.89. The molecule has 0 amide bonds. The topological polar surface area (TPSA) is 16.9 Å². The first-order valence-electron chi connectivity index (χ1n) is 6.89. The monoisotopic (exact) mass is 246 g/mol. The van der Waals surface area contributed by atoms with Crippen molar-refractivity contribution in [3.8, 4) is 0 Å². The van der Waals surface area contributed by atoms with Crippen LogP contribution in [0.4, 0.5) is 0 Å². The van der Waals surface area contributed by atoms with E-state index in [0.717, 1.165) is 45.9 Å². The molecular formula is C15H22N2O. The first kappa shape index (κ1) is 12.2. The lowest BCUT2D eigenvalue weighted by Crippen LogP contribution is -3.06. The van der Waals surface area contributed by atoms with E-state index in [1.807, 2.05) is 0 Å². The summed E-state index contributed by atoms with van der Waals surface area (Å²) >= 11 is 0. The molecule has 1 fully saturated rings. The highest BCUT2D eigenvalue weighted by atomic mass is 16.5. The largest absolute Gasteiger partial charge is 0.464 e. The van der Waals surface area contributed by atoms with Crippen molar-refractivity contribution in [2.24, 2.45) is 0 Å². The van der Waals surface area contributed by atoms with Gasteiger partial charge in [-0.1, -0.05) is 18.2 Å². The number of benzene rings is 1. The summed E-state index contributed by atoms with van der Waals surface area (Å²) in [7, 11) is 4.13. The average molecular weight is 246 g/mol. The van der Waals surface area contributed by atoms with Gasteiger partial charge in [-0.05, 0) is 11.1 Å². The van der Waals surface area contributed by atoms with Crippen molar-refractivity contribution in [3.05, 3.63) is 41.9 Å². The zero-order valence-electron chi connectivity index (χ0n) is 11.0. The molecule has 0 radical (unpaired) electrons. The minimum Gasteiger partial charge on any atom is -0.464 e. The Bertz CT molecular complexity index is 413. The number of rotatable bonds is 2. The molecule has 2 heterocycles. The predicted octanol–water partition coefficient (Wildman–Crippen LogP) is 0.251. The van der Waals surface area contributed by atoms with Gasteiger partial charge in [0.05, 0.1) is 26.3 Å². The fourth-order valence-electron chi connectivity index (χ4n) is 2.98. The van der Waals surface area contributed by atoms with Gasteiger partial charge in [-0.2, -0.15) is 7.05 Å². The van der Waals surface area contributed by atoms with Gasteiger partial charge in [0.1, 0.15) is 0 Å². The molecule has 1 aromatic carbocycles. The zero-order valence-corrected chi connectivity index (χ0v) is 11.0.